The van der Waals surface area contributed by atoms with Crippen molar-refractivity contribution < 1.29 is 4.79 Å². The first-order chi connectivity index (χ1) is 9.65. The maximum atomic E-state index is 12.2. The van der Waals surface area contributed by atoms with E-state index < -0.39 is 0 Å². The van der Waals surface area contributed by atoms with Gasteiger partial charge in [0.1, 0.15) is 0 Å². The van der Waals surface area contributed by atoms with Gasteiger partial charge in [-0.3, -0.25) is 4.79 Å². The number of hydrogen-bond acceptors (Lipinski definition) is 3. The third-order valence-electron chi connectivity index (χ3n) is 4.07. The standard InChI is InChI=1S/C16H25N3O/c1-3-18(4-2)16(20)13-5-7-15(8-6-13)19-11-9-14(17)10-12-19/h5-8,14H,3-4,9-12,17H2,1-2H3. The number of hydrogen-bond donors (Lipinski definition) is 1. The Bertz CT molecular complexity index is 432. The predicted octanol–water partition coefficient (Wildman–Crippen LogP) is 2.10. The molecule has 0 saturated carbocycles. The maximum Gasteiger partial charge on any atom is 0.253 e. The second kappa shape index (κ2) is 6.75. The summed E-state index contributed by atoms with van der Waals surface area (Å²) in [6, 6.07) is 8.31. The van der Waals surface area contributed by atoms with Gasteiger partial charge in [0.15, 0.2) is 0 Å². The summed E-state index contributed by atoms with van der Waals surface area (Å²) in [6.07, 6.45) is 2.08. The van der Waals surface area contributed by atoms with E-state index in [2.05, 4.69) is 4.90 Å². The lowest BCUT2D eigenvalue weighted by atomic mass is 10.0. The van der Waals surface area contributed by atoms with Crippen molar-refractivity contribution in [3.05, 3.63) is 29.8 Å². The van der Waals surface area contributed by atoms with E-state index in [1.54, 1.807) is 0 Å². The highest BCUT2D eigenvalue weighted by Crippen LogP contribution is 2.20. The molecule has 0 aromatic heterocycles. The smallest absolute Gasteiger partial charge is 0.253 e. The highest BCUT2D eigenvalue weighted by Gasteiger charge is 2.17. The van der Waals surface area contributed by atoms with Gasteiger partial charge in [0.25, 0.3) is 5.91 Å². The summed E-state index contributed by atoms with van der Waals surface area (Å²) in [7, 11) is 0. The van der Waals surface area contributed by atoms with Gasteiger partial charge < -0.3 is 15.5 Å². The van der Waals surface area contributed by atoms with Crippen molar-refractivity contribution in [2.45, 2.75) is 32.7 Å². The summed E-state index contributed by atoms with van der Waals surface area (Å²) in [5, 5.41) is 0. The summed E-state index contributed by atoms with van der Waals surface area (Å²) in [5.41, 5.74) is 7.88. The van der Waals surface area contributed by atoms with Gasteiger partial charge in [-0.05, 0) is 51.0 Å². The van der Waals surface area contributed by atoms with Crippen molar-refractivity contribution in [2.24, 2.45) is 5.73 Å². The molecular formula is C16H25N3O. The summed E-state index contributed by atoms with van der Waals surface area (Å²) in [5.74, 6) is 0.113. The quantitative estimate of drug-likeness (QED) is 0.915. The maximum absolute atomic E-state index is 12.2. The summed E-state index contributed by atoms with van der Waals surface area (Å²) in [4.78, 5) is 16.4. The zero-order valence-corrected chi connectivity index (χ0v) is 12.5. The molecule has 1 heterocycles. The molecule has 20 heavy (non-hydrogen) atoms. The number of benzene rings is 1. The monoisotopic (exact) mass is 275 g/mol. The molecule has 4 heteroatoms. The first-order valence-electron chi connectivity index (χ1n) is 7.55. The van der Waals surface area contributed by atoms with Crippen LogP contribution in [0, 0.1) is 0 Å². The SMILES string of the molecule is CCN(CC)C(=O)c1ccc(N2CCC(N)CC2)cc1. The van der Waals surface area contributed by atoms with Gasteiger partial charge in [0.05, 0.1) is 0 Å². The van der Waals surface area contributed by atoms with Gasteiger partial charge in [0.2, 0.25) is 0 Å². The van der Waals surface area contributed by atoms with Crippen LogP contribution in [0.5, 0.6) is 0 Å². The van der Waals surface area contributed by atoms with Crippen LogP contribution >= 0.6 is 0 Å². The number of carbonyl (C=O) groups is 1. The lowest BCUT2D eigenvalue weighted by molar-refractivity contribution is 0.0773. The Balaban J connectivity index is 2.04. The fraction of sp³-hybridized carbons (Fsp3) is 0.562. The Morgan fingerprint density at radius 1 is 1.20 bits per heavy atom. The second-order valence-electron chi connectivity index (χ2n) is 5.35. The van der Waals surface area contributed by atoms with E-state index in [1.807, 2.05) is 43.0 Å². The minimum absolute atomic E-state index is 0.113. The molecule has 2 rings (SSSR count). The molecule has 0 unspecified atom stereocenters. The van der Waals surface area contributed by atoms with E-state index in [1.165, 1.54) is 5.69 Å². The van der Waals surface area contributed by atoms with Gasteiger partial charge in [-0.1, -0.05) is 0 Å². The van der Waals surface area contributed by atoms with Crippen LogP contribution in [0.1, 0.15) is 37.0 Å². The Morgan fingerprint density at radius 2 is 1.75 bits per heavy atom. The van der Waals surface area contributed by atoms with Crippen LogP contribution in [0.4, 0.5) is 5.69 Å². The number of piperidine rings is 1. The third kappa shape index (κ3) is 3.31. The molecule has 0 atom stereocenters. The molecule has 1 aromatic carbocycles. The minimum Gasteiger partial charge on any atom is -0.371 e. The van der Waals surface area contributed by atoms with Gasteiger partial charge in [-0.25, -0.2) is 0 Å². The third-order valence-corrected chi connectivity index (χ3v) is 4.07. The molecule has 0 spiro atoms. The Kier molecular flexibility index (Phi) is 5.01. The predicted molar refractivity (Wildman–Crippen MR) is 83.1 cm³/mol. The first kappa shape index (κ1) is 14.9. The number of anilines is 1. The van der Waals surface area contributed by atoms with Gasteiger partial charge >= 0.3 is 0 Å². The number of rotatable bonds is 4. The average Bonchev–Trinajstić information content (AvgIpc) is 2.49. The van der Waals surface area contributed by atoms with Crippen molar-refractivity contribution >= 4 is 11.6 Å². The van der Waals surface area contributed by atoms with E-state index in [-0.39, 0.29) is 5.91 Å². The zero-order valence-electron chi connectivity index (χ0n) is 12.5. The lowest BCUT2D eigenvalue weighted by Crippen LogP contribution is -2.39. The second-order valence-corrected chi connectivity index (χ2v) is 5.35. The highest BCUT2D eigenvalue weighted by atomic mass is 16.2. The molecule has 1 aromatic rings. The lowest BCUT2D eigenvalue weighted by Gasteiger charge is -2.32. The fourth-order valence-electron chi connectivity index (χ4n) is 2.67. The van der Waals surface area contributed by atoms with Crippen molar-refractivity contribution in [1.29, 1.82) is 0 Å². The van der Waals surface area contributed by atoms with E-state index in [4.69, 9.17) is 5.73 Å². The summed E-state index contributed by atoms with van der Waals surface area (Å²) in [6.45, 7) is 7.52. The average molecular weight is 275 g/mol. The Labute approximate surface area is 121 Å². The molecule has 1 aliphatic rings. The molecule has 1 saturated heterocycles. The molecule has 0 bridgehead atoms. The Morgan fingerprint density at radius 3 is 2.25 bits per heavy atom. The summed E-state index contributed by atoms with van der Waals surface area (Å²) >= 11 is 0. The van der Waals surface area contributed by atoms with Gasteiger partial charge in [-0.2, -0.15) is 0 Å². The summed E-state index contributed by atoms with van der Waals surface area (Å²) < 4.78 is 0. The normalized spacial score (nSPS) is 16.2. The molecular weight excluding hydrogens is 250 g/mol. The molecule has 4 nitrogen and oxygen atoms in total. The van der Waals surface area contributed by atoms with Gasteiger partial charge in [0, 0.05) is 43.5 Å². The van der Waals surface area contributed by atoms with Gasteiger partial charge in [-0.15, -0.1) is 0 Å². The molecule has 0 radical (unpaired) electrons. The largest absolute Gasteiger partial charge is 0.371 e. The molecule has 0 aliphatic carbocycles. The van der Waals surface area contributed by atoms with Crippen LogP contribution in [0.3, 0.4) is 0 Å². The molecule has 1 fully saturated rings. The number of amides is 1. The van der Waals surface area contributed by atoms with Crippen molar-refractivity contribution in [3.63, 3.8) is 0 Å². The minimum atomic E-state index is 0.113. The van der Waals surface area contributed by atoms with Crippen molar-refractivity contribution in [1.82, 2.24) is 4.90 Å². The molecule has 1 amide bonds. The zero-order chi connectivity index (χ0) is 14.5. The van der Waals surface area contributed by atoms with Crippen LogP contribution in [0.25, 0.3) is 0 Å². The first-order valence-corrected chi connectivity index (χ1v) is 7.55. The van der Waals surface area contributed by atoms with E-state index in [0.717, 1.165) is 44.6 Å². The van der Waals surface area contributed by atoms with Crippen LogP contribution in [-0.4, -0.2) is 43.0 Å². The fourth-order valence-corrected chi connectivity index (χ4v) is 2.67. The van der Waals surface area contributed by atoms with Crippen LogP contribution in [-0.2, 0) is 0 Å². The Hall–Kier alpha value is -1.55. The van der Waals surface area contributed by atoms with Crippen LogP contribution in [0.15, 0.2) is 24.3 Å². The van der Waals surface area contributed by atoms with E-state index >= 15 is 0 Å². The van der Waals surface area contributed by atoms with Crippen molar-refractivity contribution in [3.8, 4) is 0 Å². The van der Waals surface area contributed by atoms with Crippen LogP contribution < -0.4 is 10.6 Å². The van der Waals surface area contributed by atoms with Crippen molar-refractivity contribution in [2.75, 3.05) is 31.1 Å². The molecule has 2 N–H and O–H groups in total. The van der Waals surface area contributed by atoms with E-state index in [9.17, 15) is 4.79 Å². The molecule has 1 aliphatic heterocycles. The number of carbonyl (C=O) groups excluding carboxylic acids is 1. The van der Waals surface area contributed by atoms with E-state index in [0.29, 0.717) is 6.04 Å². The highest BCUT2D eigenvalue weighted by molar-refractivity contribution is 5.94. The number of nitrogens with two attached hydrogens (primary N) is 1. The number of nitrogens with zero attached hydrogens (tertiary/aromatic N) is 2. The molecule has 110 valence electrons. The topological polar surface area (TPSA) is 49.6 Å². The van der Waals surface area contributed by atoms with Crippen LogP contribution in [0.2, 0.25) is 0 Å².